The summed E-state index contributed by atoms with van der Waals surface area (Å²) in [6.45, 7) is 13.5. The van der Waals surface area contributed by atoms with Gasteiger partial charge in [0.25, 0.3) is 0 Å². The Morgan fingerprint density at radius 2 is 1.67 bits per heavy atom. The fraction of sp³-hybridized carbons (Fsp3) is 0.632. The topological polar surface area (TPSA) is 50.8 Å². The van der Waals surface area contributed by atoms with E-state index in [4.69, 9.17) is 9.47 Å². The van der Waals surface area contributed by atoms with Crippen molar-refractivity contribution in [1.82, 2.24) is 10.2 Å². The van der Waals surface area contributed by atoms with Crippen LogP contribution >= 0.6 is 0 Å². The number of hydrogen-bond acceptors (Lipinski definition) is 5. The van der Waals surface area contributed by atoms with E-state index in [1.165, 1.54) is 0 Å². The Labute approximate surface area is 145 Å². The standard InChI is InChI=1S/C19H30N2O3/c1-13(2)23-16-6-7-18(24-14(3)4)17(12-16)19(22)15(5)21-10-8-20-9-11-21/h6-7,12-15,20H,8-11H2,1-5H3. The number of piperazine rings is 1. The summed E-state index contributed by atoms with van der Waals surface area (Å²) in [6, 6.07) is 5.36. The highest BCUT2D eigenvalue weighted by Crippen LogP contribution is 2.28. The first-order valence-electron chi connectivity index (χ1n) is 8.84. The van der Waals surface area contributed by atoms with E-state index in [-0.39, 0.29) is 24.0 Å². The molecule has 1 aromatic rings. The van der Waals surface area contributed by atoms with Crippen LogP contribution in [0.25, 0.3) is 0 Å². The predicted molar refractivity (Wildman–Crippen MR) is 96.2 cm³/mol. The van der Waals surface area contributed by atoms with Crippen molar-refractivity contribution in [1.29, 1.82) is 0 Å². The zero-order valence-corrected chi connectivity index (χ0v) is 15.5. The lowest BCUT2D eigenvalue weighted by Crippen LogP contribution is -2.50. The van der Waals surface area contributed by atoms with Gasteiger partial charge in [0.1, 0.15) is 11.5 Å². The first-order valence-corrected chi connectivity index (χ1v) is 8.84. The summed E-state index contributed by atoms with van der Waals surface area (Å²) in [5, 5.41) is 3.32. The molecule has 0 aromatic heterocycles. The van der Waals surface area contributed by atoms with Gasteiger partial charge in [0.05, 0.1) is 23.8 Å². The third kappa shape index (κ3) is 4.95. The molecule has 1 unspecified atom stereocenters. The first kappa shape index (κ1) is 18.7. The minimum absolute atomic E-state index is 0.0166. The highest BCUT2D eigenvalue weighted by Gasteiger charge is 2.26. The van der Waals surface area contributed by atoms with E-state index in [0.717, 1.165) is 26.2 Å². The van der Waals surface area contributed by atoms with Gasteiger partial charge in [-0.05, 0) is 52.8 Å². The molecule has 1 aliphatic rings. The summed E-state index contributed by atoms with van der Waals surface area (Å²) in [7, 11) is 0. The normalized spacial score (nSPS) is 17.1. The molecular formula is C19H30N2O3. The summed E-state index contributed by atoms with van der Waals surface area (Å²) in [4.78, 5) is 15.3. The average molecular weight is 334 g/mol. The van der Waals surface area contributed by atoms with E-state index in [0.29, 0.717) is 17.1 Å². The molecule has 0 saturated carbocycles. The number of ether oxygens (including phenoxy) is 2. The maximum Gasteiger partial charge on any atom is 0.183 e. The third-order valence-corrected chi connectivity index (χ3v) is 4.03. The number of nitrogens with one attached hydrogen (secondary N) is 1. The molecule has 0 aliphatic carbocycles. The Kier molecular flexibility index (Phi) is 6.63. The molecule has 1 heterocycles. The van der Waals surface area contributed by atoms with Gasteiger partial charge in [-0.1, -0.05) is 0 Å². The molecule has 1 aromatic carbocycles. The van der Waals surface area contributed by atoms with Crippen molar-refractivity contribution >= 4 is 5.78 Å². The lowest BCUT2D eigenvalue weighted by molar-refractivity contribution is 0.0813. The van der Waals surface area contributed by atoms with Crippen molar-refractivity contribution < 1.29 is 14.3 Å². The molecule has 1 aliphatic heterocycles. The van der Waals surface area contributed by atoms with Gasteiger partial charge in [0, 0.05) is 26.2 Å². The number of nitrogens with zero attached hydrogens (tertiary/aromatic N) is 1. The molecule has 134 valence electrons. The fourth-order valence-electron chi connectivity index (χ4n) is 2.86. The molecule has 1 atom stereocenters. The molecule has 1 N–H and O–H groups in total. The smallest absolute Gasteiger partial charge is 0.183 e. The molecule has 1 saturated heterocycles. The number of Topliss-reactive ketones (excluding diaryl/α,β-unsaturated/α-hetero) is 1. The summed E-state index contributed by atoms with van der Waals surface area (Å²) in [5.74, 6) is 1.42. The van der Waals surface area contributed by atoms with Crippen molar-refractivity contribution in [2.24, 2.45) is 0 Å². The van der Waals surface area contributed by atoms with Crippen molar-refractivity contribution in [3.05, 3.63) is 23.8 Å². The Morgan fingerprint density at radius 1 is 1.04 bits per heavy atom. The maximum absolute atomic E-state index is 13.1. The fourth-order valence-corrected chi connectivity index (χ4v) is 2.86. The zero-order valence-electron chi connectivity index (χ0n) is 15.5. The monoisotopic (exact) mass is 334 g/mol. The summed E-state index contributed by atoms with van der Waals surface area (Å²) in [5.41, 5.74) is 0.605. The lowest BCUT2D eigenvalue weighted by atomic mass is 10.0. The molecule has 5 nitrogen and oxygen atoms in total. The van der Waals surface area contributed by atoms with E-state index in [1.807, 2.05) is 52.8 Å². The number of rotatable bonds is 7. The molecule has 0 radical (unpaired) electrons. The van der Waals surface area contributed by atoms with Crippen LogP contribution < -0.4 is 14.8 Å². The second-order valence-electron chi connectivity index (χ2n) is 6.82. The van der Waals surface area contributed by atoms with Crippen molar-refractivity contribution in [2.45, 2.75) is 52.9 Å². The third-order valence-electron chi connectivity index (χ3n) is 4.03. The van der Waals surface area contributed by atoms with E-state index in [2.05, 4.69) is 10.2 Å². The molecule has 0 spiro atoms. The lowest BCUT2D eigenvalue weighted by Gasteiger charge is -2.32. The molecule has 0 amide bonds. The van der Waals surface area contributed by atoms with Gasteiger partial charge in [-0.2, -0.15) is 0 Å². The van der Waals surface area contributed by atoms with E-state index >= 15 is 0 Å². The van der Waals surface area contributed by atoms with Crippen LogP contribution in [0.5, 0.6) is 11.5 Å². The largest absolute Gasteiger partial charge is 0.491 e. The quantitative estimate of drug-likeness (QED) is 0.777. The second kappa shape index (κ2) is 8.49. The van der Waals surface area contributed by atoms with Crippen LogP contribution in [0.3, 0.4) is 0 Å². The number of hydrogen-bond donors (Lipinski definition) is 1. The van der Waals surface area contributed by atoms with Crippen LogP contribution in [-0.4, -0.2) is 55.1 Å². The van der Waals surface area contributed by atoms with Crippen LogP contribution in [0.1, 0.15) is 45.0 Å². The number of ketones is 1. The number of benzene rings is 1. The van der Waals surface area contributed by atoms with Crippen molar-refractivity contribution in [2.75, 3.05) is 26.2 Å². The van der Waals surface area contributed by atoms with Crippen LogP contribution in [0.2, 0.25) is 0 Å². The molecule has 24 heavy (non-hydrogen) atoms. The van der Waals surface area contributed by atoms with Crippen LogP contribution in [0, 0.1) is 0 Å². The van der Waals surface area contributed by atoms with Crippen molar-refractivity contribution in [3.8, 4) is 11.5 Å². The van der Waals surface area contributed by atoms with Gasteiger partial charge in [0.15, 0.2) is 5.78 Å². The summed E-state index contributed by atoms with van der Waals surface area (Å²) < 4.78 is 11.6. The zero-order chi connectivity index (χ0) is 17.7. The van der Waals surface area contributed by atoms with Crippen LogP contribution in [-0.2, 0) is 0 Å². The summed E-state index contributed by atoms with van der Waals surface area (Å²) >= 11 is 0. The highest BCUT2D eigenvalue weighted by molar-refractivity contribution is 6.02. The predicted octanol–water partition coefficient (Wildman–Crippen LogP) is 2.74. The maximum atomic E-state index is 13.1. The molecular weight excluding hydrogens is 304 g/mol. The molecule has 2 rings (SSSR count). The van der Waals surface area contributed by atoms with Gasteiger partial charge < -0.3 is 14.8 Å². The average Bonchev–Trinajstić information content (AvgIpc) is 2.55. The Morgan fingerprint density at radius 3 is 2.25 bits per heavy atom. The van der Waals surface area contributed by atoms with Gasteiger partial charge in [-0.15, -0.1) is 0 Å². The molecule has 5 heteroatoms. The van der Waals surface area contributed by atoms with Gasteiger partial charge >= 0.3 is 0 Å². The Balaban J connectivity index is 2.27. The highest BCUT2D eigenvalue weighted by atomic mass is 16.5. The van der Waals surface area contributed by atoms with E-state index in [1.54, 1.807) is 0 Å². The van der Waals surface area contributed by atoms with Gasteiger partial charge in [-0.25, -0.2) is 0 Å². The van der Waals surface area contributed by atoms with E-state index < -0.39 is 0 Å². The van der Waals surface area contributed by atoms with Gasteiger partial charge in [-0.3, -0.25) is 9.69 Å². The van der Waals surface area contributed by atoms with Crippen molar-refractivity contribution in [3.63, 3.8) is 0 Å². The summed E-state index contributed by atoms with van der Waals surface area (Å²) in [6.07, 6.45) is 0.0818. The SMILES string of the molecule is CC(C)Oc1ccc(OC(C)C)c(C(=O)C(C)N2CCNCC2)c1. The van der Waals surface area contributed by atoms with Crippen LogP contribution in [0.4, 0.5) is 0 Å². The minimum Gasteiger partial charge on any atom is -0.491 e. The first-order chi connectivity index (χ1) is 11.4. The Bertz CT molecular complexity index is 552. The van der Waals surface area contributed by atoms with E-state index in [9.17, 15) is 4.79 Å². The van der Waals surface area contributed by atoms with Gasteiger partial charge in [0.2, 0.25) is 0 Å². The molecule has 1 fully saturated rings. The van der Waals surface area contributed by atoms with Crippen LogP contribution in [0.15, 0.2) is 18.2 Å². The number of carbonyl (C=O) groups excluding carboxylic acids is 1. The minimum atomic E-state index is -0.170. The molecule has 0 bridgehead atoms. The number of carbonyl (C=O) groups is 1. The second-order valence-corrected chi connectivity index (χ2v) is 6.82. The Hall–Kier alpha value is -1.59.